The second-order valence-corrected chi connectivity index (χ2v) is 12.6. The summed E-state index contributed by atoms with van der Waals surface area (Å²) in [5.41, 5.74) is 1.55. The average Bonchev–Trinajstić information content (AvgIpc) is 3.21. The number of likely N-dealkylation sites (tertiary alicyclic amines) is 2. The molecule has 0 saturated carbocycles. The fraction of sp³-hybridized carbons (Fsp3) is 0.517. The van der Waals surface area contributed by atoms with E-state index in [4.69, 9.17) is 9.47 Å². The van der Waals surface area contributed by atoms with Crippen molar-refractivity contribution < 1.29 is 27.5 Å². The monoisotopic (exact) mass is 557 g/mol. The minimum Gasteiger partial charge on any atom is -0.496 e. The summed E-state index contributed by atoms with van der Waals surface area (Å²) in [6, 6.07) is 14.3. The first-order valence-electron chi connectivity index (χ1n) is 13.4. The van der Waals surface area contributed by atoms with Crippen LogP contribution in [0.3, 0.4) is 0 Å². The number of nitrogens with zero attached hydrogens (tertiary/aromatic N) is 2. The molecule has 0 bridgehead atoms. The highest BCUT2D eigenvalue weighted by Crippen LogP contribution is 2.42. The van der Waals surface area contributed by atoms with Gasteiger partial charge in [0.15, 0.2) is 9.84 Å². The van der Waals surface area contributed by atoms with Gasteiger partial charge >= 0.3 is 0 Å². The Morgan fingerprint density at radius 1 is 1.03 bits per heavy atom. The van der Waals surface area contributed by atoms with Gasteiger partial charge in [0.05, 0.1) is 23.5 Å². The zero-order valence-corrected chi connectivity index (χ0v) is 23.8. The zero-order chi connectivity index (χ0) is 28.0. The molecule has 0 radical (unpaired) electrons. The third-order valence-electron chi connectivity index (χ3n) is 8.00. The van der Waals surface area contributed by atoms with Crippen molar-refractivity contribution in [3.63, 3.8) is 0 Å². The molecule has 4 rings (SSSR count). The van der Waals surface area contributed by atoms with Crippen LogP contribution in [0.2, 0.25) is 0 Å². The molecular formula is C29H39N3O6S. The van der Waals surface area contributed by atoms with E-state index in [1.807, 2.05) is 29.2 Å². The van der Waals surface area contributed by atoms with Crippen LogP contribution in [0.15, 0.2) is 53.4 Å². The molecule has 9 nitrogen and oxygen atoms in total. The van der Waals surface area contributed by atoms with Crippen LogP contribution in [0.1, 0.15) is 42.9 Å². The molecule has 10 heteroatoms. The van der Waals surface area contributed by atoms with E-state index in [0.29, 0.717) is 19.5 Å². The molecular weight excluding hydrogens is 518 g/mol. The largest absolute Gasteiger partial charge is 0.496 e. The smallest absolute Gasteiger partial charge is 0.246 e. The van der Waals surface area contributed by atoms with Gasteiger partial charge in [-0.3, -0.25) is 9.59 Å². The van der Waals surface area contributed by atoms with E-state index >= 15 is 0 Å². The third kappa shape index (κ3) is 6.98. The van der Waals surface area contributed by atoms with Crippen molar-refractivity contribution in [1.82, 2.24) is 15.1 Å². The Kier molecular flexibility index (Phi) is 9.30. The average molecular weight is 558 g/mol. The van der Waals surface area contributed by atoms with Gasteiger partial charge in [-0.25, -0.2) is 8.42 Å². The van der Waals surface area contributed by atoms with E-state index in [1.165, 1.54) is 13.4 Å². The van der Waals surface area contributed by atoms with Gasteiger partial charge in [-0.2, -0.15) is 0 Å². The minimum atomic E-state index is -3.24. The van der Waals surface area contributed by atoms with E-state index < -0.39 is 9.84 Å². The highest BCUT2D eigenvalue weighted by Gasteiger charge is 2.47. The van der Waals surface area contributed by atoms with E-state index in [1.54, 1.807) is 31.4 Å². The van der Waals surface area contributed by atoms with Gasteiger partial charge in [-0.1, -0.05) is 30.3 Å². The Labute approximate surface area is 231 Å². The van der Waals surface area contributed by atoms with Crippen molar-refractivity contribution in [3.05, 3.63) is 59.7 Å². The molecule has 39 heavy (non-hydrogen) atoms. The molecule has 2 saturated heterocycles. The van der Waals surface area contributed by atoms with Crippen LogP contribution in [0.25, 0.3) is 0 Å². The number of piperidine rings is 1. The molecule has 0 aromatic heterocycles. The fourth-order valence-corrected chi connectivity index (χ4v) is 6.34. The summed E-state index contributed by atoms with van der Waals surface area (Å²) in [6.45, 7) is 3.65. The Morgan fingerprint density at radius 3 is 2.33 bits per heavy atom. The van der Waals surface area contributed by atoms with Crippen molar-refractivity contribution in [2.24, 2.45) is 5.41 Å². The van der Waals surface area contributed by atoms with Crippen LogP contribution in [0, 0.1) is 5.41 Å². The van der Waals surface area contributed by atoms with E-state index in [2.05, 4.69) is 10.2 Å². The lowest BCUT2D eigenvalue weighted by molar-refractivity contribution is -0.139. The molecule has 1 spiro atoms. The summed E-state index contributed by atoms with van der Waals surface area (Å²) in [5.74, 6) is 0.766. The lowest BCUT2D eigenvalue weighted by Crippen LogP contribution is -2.45. The molecule has 2 aromatic carbocycles. The number of carbonyl (C=O) groups is 2. The van der Waals surface area contributed by atoms with Crippen molar-refractivity contribution in [2.75, 3.05) is 53.3 Å². The number of hydrogen-bond acceptors (Lipinski definition) is 7. The van der Waals surface area contributed by atoms with Gasteiger partial charge < -0.3 is 24.6 Å². The van der Waals surface area contributed by atoms with Gasteiger partial charge in [-0.05, 0) is 62.5 Å². The van der Waals surface area contributed by atoms with Crippen LogP contribution in [0.4, 0.5) is 0 Å². The Balaban J connectivity index is 1.33. The van der Waals surface area contributed by atoms with Crippen molar-refractivity contribution in [2.45, 2.75) is 43.2 Å². The number of nitrogens with one attached hydrogen (secondary N) is 1. The van der Waals surface area contributed by atoms with Crippen LogP contribution in [-0.4, -0.2) is 83.3 Å². The van der Waals surface area contributed by atoms with Crippen LogP contribution in [0.5, 0.6) is 5.75 Å². The molecule has 2 fully saturated rings. The number of ether oxygens (including phenoxy) is 2. The number of para-hydroxylation sites is 1. The first kappa shape index (κ1) is 29.0. The molecule has 0 aliphatic carbocycles. The standard InChI is InChI=1S/C29H39N3O6S/c1-37-21-27(33)30-25(24-6-4-5-7-26(24)38-2)12-16-31-17-13-29(14-18-31)15-19-32(28(29)34)20-22-8-10-23(11-9-22)39(3,35)36/h4-11,25H,12-21H2,1-3H3,(H,30,33). The maximum atomic E-state index is 13.5. The summed E-state index contributed by atoms with van der Waals surface area (Å²) in [7, 11) is -0.112. The van der Waals surface area contributed by atoms with Gasteiger partial charge in [0.2, 0.25) is 11.8 Å². The maximum absolute atomic E-state index is 13.5. The van der Waals surface area contributed by atoms with Crippen LogP contribution >= 0.6 is 0 Å². The summed E-state index contributed by atoms with van der Waals surface area (Å²) >= 11 is 0. The summed E-state index contributed by atoms with van der Waals surface area (Å²) < 4.78 is 34.0. The molecule has 1 atom stereocenters. The van der Waals surface area contributed by atoms with Gasteiger partial charge in [0, 0.05) is 38.6 Å². The summed E-state index contributed by atoms with van der Waals surface area (Å²) in [6.07, 6.45) is 4.37. The van der Waals surface area contributed by atoms with Crippen molar-refractivity contribution in [1.29, 1.82) is 0 Å². The molecule has 2 amide bonds. The van der Waals surface area contributed by atoms with Crippen LogP contribution in [-0.2, 0) is 30.7 Å². The highest BCUT2D eigenvalue weighted by molar-refractivity contribution is 7.90. The SMILES string of the molecule is COCC(=O)NC(CCN1CCC2(CC1)CCN(Cc1ccc(S(C)(=O)=O)cc1)C2=O)c1ccccc1OC. The second-order valence-electron chi connectivity index (χ2n) is 10.6. The first-order chi connectivity index (χ1) is 18.6. The molecule has 2 aliphatic heterocycles. The zero-order valence-electron chi connectivity index (χ0n) is 23.0. The summed E-state index contributed by atoms with van der Waals surface area (Å²) in [5, 5.41) is 3.08. The molecule has 212 valence electrons. The maximum Gasteiger partial charge on any atom is 0.246 e. The van der Waals surface area contributed by atoms with Crippen molar-refractivity contribution in [3.8, 4) is 5.75 Å². The quantitative estimate of drug-likeness (QED) is 0.453. The van der Waals surface area contributed by atoms with Crippen molar-refractivity contribution >= 4 is 21.7 Å². The molecule has 2 aliphatic rings. The topological polar surface area (TPSA) is 105 Å². The number of carbonyl (C=O) groups excluding carboxylic acids is 2. The fourth-order valence-electron chi connectivity index (χ4n) is 5.71. The lowest BCUT2D eigenvalue weighted by atomic mass is 9.77. The molecule has 2 aromatic rings. The van der Waals surface area contributed by atoms with Crippen LogP contribution < -0.4 is 10.1 Å². The Hall–Kier alpha value is -2.95. The predicted molar refractivity (Wildman–Crippen MR) is 148 cm³/mol. The molecule has 1 N–H and O–H groups in total. The minimum absolute atomic E-state index is 0.00164. The second kappa shape index (κ2) is 12.5. The van der Waals surface area contributed by atoms with E-state index in [-0.39, 0.29) is 34.8 Å². The van der Waals surface area contributed by atoms with Gasteiger partial charge in [-0.15, -0.1) is 0 Å². The number of sulfone groups is 1. The Bertz CT molecular complexity index is 1260. The summed E-state index contributed by atoms with van der Waals surface area (Å²) in [4.78, 5) is 30.4. The molecule has 1 unspecified atom stereocenters. The van der Waals surface area contributed by atoms with E-state index in [9.17, 15) is 18.0 Å². The number of rotatable bonds is 11. The van der Waals surface area contributed by atoms with Gasteiger partial charge in [0.1, 0.15) is 12.4 Å². The first-order valence-corrected chi connectivity index (χ1v) is 15.3. The number of amides is 2. The highest BCUT2D eigenvalue weighted by atomic mass is 32.2. The van der Waals surface area contributed by atoms with Gasteiger partial charge in [0.25, 0.3) is 0 Å². The Morgan fingerprint density at radius 2 is 1.69 bits per heavy atom. The number of methoxy groups -OCH3 is 2. The van der Waals surface area contributed by atoms with E-state index in [0.717, 1.165) is 55.8 Å². The third-order valence-corrected chi connectivity index (χ3v) is 9.13. The predicted octanol–water partition coefficient (Wildman–Crippen LogP) is 2.81. The number of hydrogen-bond donors (Lipinski definition) is 1. The molecule has 2 heterocycles. The lowest BCUT2D eigenvalue weighted by Gasteiger charge is -2.38. The normalized spacial score (nSPS) is 18.3. The number of benzene rings is 2.